The molecule has 0 aromatic carbocycles. The fourth-order valence-corrected chi connectivity index (χ4v) is 2.38. The van der Waals surface area contributed by atoms with E-state index in [4.69, 9.17) is 10.2 Å². The number of nitrogens with one attached hydrogen (secondary N) is 1. The number of hydrazone groups is 1. The highest BCUT2D eigenvalue weighted by Crippen LogP contribution is 2.18. The van der Waals surface area contributed by atoms with Gasteiger partial charge in [0.2, 0.25) is 0 Å². The van der Waals surface area contributed by atoms with Crippen LogP contribution >= 0.6 is 0 Å². The van der Waals surface area contributed by atoms with E-state index in [1.165, 1.54) is 18.6 Å². The van der Waals surface area contributed by atoms with E-state index in [0.29, 0.717) is 12.1 Å². The van der Waals surface area contributed by atoms with Gasteiger partial charge in [0.1, 0.15) is 10.6 Å². The molecular formula is C13H19ClN5O4-. The van der Waals surface area contributed by atoms with Crippen molar-refractivity contribution in [2.75, 3.05) is 19.6 Å². The number of nitrogens with zero attached hydrogens (tertiary/aromatic N) is 3. The summed E-state index contributed by atoms with van der Waals surface area (Å²) in [4.78, 5) is 23.2. The van der Waals surface area contributed by atoms with E-state index in [-0.39, 0.29) is 24.1 Å². The fraction of sp³-hybridized carbons (Fsp3) is 0.538. The van der Waals surface area contributed by atoms with E-state index in [2.05, 4.69) is 15.4 Å². The number of amides is 2. The zero-order valence-electron chi connectivity index (χ0n) is 12.5. The van der Waals surface area contributed by atoms with Gasteiger partial charge in [0.05, 0.1) is 6.07 Å². The Hall–Kier alpha value is -2.13. The Bertz CT molecular complexity index is 568. The van der Waals surface area contributed by atoms with E-state index in [1.807, 2.05) is 0 Å². The van der Waals surface area contributed by atoms with Crippen LogP contribution in [0.1, 0.15) is 31.4 Å². The molecule has 1 aliphatic rings. The molecule has 3 N–H and O–H groups in total. The number of carbonyl (C=O) groups is 1. The lowest BCUT2D eigenvalue weighted by Gasteiger charge is -2.26. The van der Waals surface area contributed by atoms with Crippen LogP contribution in [-0.2, 0) is 0 Å². The predicted molar refractivity (Wildman–Crippen MR) is 79.5 cm³/mol. The average molecular weight is 345 g/mol. The number of hydrogen-bond donors (Lipinski definition) is 2. The third-order valence-corrected chi connectivity index (χ3v) is 3.47. The number of piperidine rings is 1. The predicted octanol–water partition coefficient (Wildman–Crippen LogP) is -1.56. The first-order chi connectivity index (χ1) is 10.6. The van der Waals surface area contributed by atoms with Crippen LogP contribution in [0, 0.1) is 10.1 Å². The van der Waals surface area contributed by atoms with Crippen LogP contribution in [0.25, 0.3) is 0 Å². The quantitative estimate of drug-likeness (QED) is 0.366. The molecule has 0 atom stereocenters. The number of likely N-dealkylation sites (tertiary alicyclic amines) is 1. The van der Waals surface area contributed by atoms with Crippen LogP contribution in [0.3, 0.4) is 0 Å². The lowest BCUT2D eigenvalue weighted by Crippen LogP contribution is -3.00. The van der Waals surface area contributed by atoms with Crippen molar-refractivity contribution in [3.63, 3.8) is 0 Å². The number of halogens is 1. The minimum atomic E-state index is -0.795. The summed E-state index contributed by atoms with van der Waals surface area (Å²) in [7, 11) is 0. The first-order valence-electron chi connectivity index (χ1n) is 7.15. The molecular weight excluding hydrogens is 326 g/mol. The summed E-state index contributed by atoms with van der Waals surface area (Å²) in [5.41, 5.74) is 7.58. The molecule has 128 valence electrons. The highest BCUT2D eigenvalue weighted by Gasteiger charge is 2.18. The van der Waals surface area contributed by atoms with Gasteiger partial charge in [0.15, 0.2) is 5.76 Å². The molecule has 10 heteroatoms. The molecule has 1 aromatic heterocycles. The second-order valence-electron chi connectivity index (χ2n) is 5.08. The minimum Gasteiger partial charge on any atom is -1.00 e. The average Bonchev–Trinajstić information content (AvgIpc) is 2.98. The number of rotatable bonds is 6. The summed E-state index contributed by atoms with van der Waals surface area (Å²) in [6, 6.07) is 1.93. The second kappa shape index (κ2) is 9.11. The Balaban J connectivity index is 0.00000264. The van der Waals surface area contributed by atoms with Crippen LogP contribution in [0.4, 0.5) is 10.7 Å². The van der Waals surface area contributed by atoms with Gasteiger partial charge in [-0.2, -0.15) is 5.10 Å². The maximum absolute atomic E-state index is 10.8. The molecule has 23 heavy (non-hydrogen) atoms. The molecule has 0 bridgehead atoms. The van der Waals surface area contributed by atoms with Crippen molar-refractivity contribution in [1.82, 2.24) is 10.3 Å². The summed E-state index contributed by atoms with van der Waals surface area (Å²) < 4.78 is 5.14. The van der Waals surface area contributed by atoms with E-state index in [0.717, 1.165) is 32.5 Å². The standard InChI is InChI=1S/C13H19N5O4.ClH/c14-13(19)16-15-10(6-9-17-7-2-1-3-8-17)11-4-5-12(22-11)18(20)21;/h4-5H,1-3,6-9H2,(H3,14,16,19);1H/p-1/b15-10-;. The van der Waals surface area contributed by atoms with Crippen molar-refractivity contribution in [3.05, 3.63) is 28.0 Å². The SMILES string of the molecule is NC(=O)N/N=C(/CCN1CCCCC1)c1ccc([N+](=O)[O-])o1.[Cl-]. The number of nitro groups is 1. The molecule has 0 spiro atoms. The first kappa shape index (κ1) is 18.9. The molecule has 0 aliphatic carbocycles. The van der Waals surface area contributed by atoms with Crippen molar-refractivity contribution in [1.29, 1.82) is 0 Å². The molecule has 2 heterocycles. The maximum atomic E-state index is 10.8. The Labute approximate surface area is 139 Å². The molecule has 1 saturated heterocycles. The molecule has 2 amide bonds. The van der Waals surface area contributed by atoms with Gasteiger partial charge in [-0.15, -0.1) is 0 Å². The zero-order chi connectivity index (χ0) is 15.9. The fourth-order valence-electron chi connectivity index (χ4n) is 2.38. The lowest BCUT2D eigenvalue weighted by molar-refractivity contribution is -0.402. The lowest BCUT2D eigenvalue weighted by atomic mass is 10.1. The van der Waals surface area contributed by atoms with Gasteiger partial charge in [0.25, 0.3) is 0 Å². The van der Waals surface area contributed by atoms with Crippen molar-refractivity contribution in [2.45, 2.75) is 25.7 Å². The normalized spacial score (nSPS) is 15.7. The van der Waals surface area contributed by atoms with Gasteiger partial charge in [0, 0.05) is 13.0 Å². The van der Waals surface area contributed by atoms with E-state index in [9.17, 15) is 14.9 Å². The third kappa shape index (κ3) is 5.87. The van der Waals surface area contributed by atoms with Crippen LogP contribution in [0.5, 0.6) is 0 Å². The molecule has 1 aromatic rings. The highest BCUT2D eigenvalue weighted by atomic mass is 35.5. The summed E-state index contributed by atoms with van der Waals surface area (Å²) in [6.07, 6.45) is 4.08. The Morgan fingerprint density at radius 1 is 1.39 bits per heavy atom. The van der Waals surface area contributed by atoms with E-state index < -0.39 is 11.0 Å². The van der Waals surface area contributed by atoms with Crippen LogP contribution < -0.4 is 23.6 Å². The molecule has 9 nitrogen and oxygen atoms in total. The van der Waals surface area contributed by atoms with Gasteiger partial charge in [-0.1, -0.05) is 6.42 Å². The van der Waals surface area contributed by atoms with E-state index in [1.54, 1.807) is 0 Å². The Morgan fingerprint density at radius 2 is 2.09 bits per heavy atom. The molecule has 0 radical (unpaired) electrons. The monoisotopic (exact) mass is 344 g/mol. The van der Waals surface area contributed by atoms with Gasteiger partial charge >= 0.3 is 11.9 Å². The first-order valence-corrected chi connectivity index (χ1v) is 7.15. The van der Waals surface area contributed by atoms with Gasteiger partial charge in [-0.25, -0.2) is 10.2 Å². The van der Waals surface area contributed by atoms with Gasteiger partial charge in [-0.3, -0.25) is 10.1 Å². The third-order valence-electron chi connectivity index (χ3n) is 3.47. The molecule has 0 saturated carbocycles. The summed E-state index contributed by atoms with van der Waals surface area (Å²) in [5.74, 6) is -0.0998. The number of furan rings is 1. The Kier molecular flexibility index (Phi) is 7.49. The number of nitrogens with two attached hydrogens (primary N) is 1. The molecule has 2 rings (SSSR count). The van der Waals surface area contributed by atoms with E-state index >= 15 is 0 Å². The van der Waals surface area contributed by atoms with Crippen molar-refractivity contribution < 1.29 is 26.5 Å². The molecule has 1 aliphatic heterocycles. The highest BCUT2D eigenvalue weighted by molar-refractivity contribution is 5.99. The topological polar surface area (TPSA) is 127 Å². The van der Waals surface area contributed by atoms with Crippen molar-refractivity contribution in [2.24, 2.45) is 10.8 Å². The van der Waals surface area contributed by atoms with Crippen LogP contribution in [0.2, 0.25) is 0 Å². The van der Waals surface area contributed by atoms with Crippen LogP contribution in [-0.4, -0.2) is 41.2 Å². The van der Waals surface area contributed by atoms with Crippen molar-refractivity contribution >= 4 is 17.6 Å². The Morgan fingerprint density at radius 3 is 2.65 bits per heavy atom. The summed E-state index contributed by atoms with van der Waals surface area (Å²) in [5, 5.41) is 14.6. The number of hydrogen-bond acceptors (Lipinski definition) is 6. The maximum Gasteiger partial charge on any atom is 0.433 e. The smallest absolute Gasteiger partial charge is 0.433 e. The zero-order valence-corrected chi connectivity index (χ0v) is 13.3. The van der Waals surface area contributed by atoms with Gasteiger partial charge in [-0.05, 0) is 32.0 Å². The minimum absolute atomic E-state index is 0. The molecule has 1 fully saturated rings. The van der Waals surface area contributed by atoms with Crippen molar-refractivity contribution in [3.8, 4) is 0 Å². The number of primary amides is 1. The summed E-state index contributed by atoms with van der Waals surface area (Å²) in [6.45, 7) is 2.79. The number of carbonyl (C=O) groups excluding carboxylic acids is 1. The molecule has 0 unspecified atom stereocenters. The van der Waals surface area contributed by atoms with Crippen LogP contribution in [0.15, 0.2) is 21.7 Å². The summed E-state index contributed by atoms with van der Waals surface area (Å²) >= 11 is 0. The second-order valence-corrected chi connectivity index (χ2v) is 5.08. The number of urea groups is 1. The van der Waals surface area contributed by atoms with Gasteiger partial charge < -0.3 is 27.5 Å². The largest absolute Gasteiger partial charge is 1.00 e.